The van der Waals surface area contributed by atoms with Crippen LogP contribution in [-0.4, -0.2) is 28.4 Å². The van der Waals surface area contributed by atoms with Crippen molar-refractivity contribution in [1.29, 1.82) is 0 Å². The van der Waals surface area contributed by atoms with Gasteiger partial charge in [0.25, 0.3) is 0 Å². The Balaban J connectivity index is 1.65. The van der Waals surface area contributed by atoms with E-state index in [9.17, 15) is 27.9 Å². The van der Waals surface area contributed by atoms with Crippen LogP contribution in [0.1, 0.15) is 17.5 Å². The molecule has 27 heavy (non-hydrogen) atoms. The highest BCUT2D eigenvalue weighted by Crippen LogP contribution is 2.30. The van der Waals surface area contributed by atoms with Crippen molar-refractivity contribution in [2.45, 2.75) is 19.1 Å². The number of hydrogen-bond acceptors (Lipinski definition) is 3. The monoisotopic (exact) mass is 378 g/mol. The number of nitrogens with zero attached hydrogens (tertiary/aromatic N) is 1. The van der Waals surface area contributed by atoms with Crippen LogP contribution in [-0.2, 0) is 22.3 Å². The Morgan fingerprint density at radius 1 is 1.19 bits per heavy atom. The predicted molar refractivity (Wildman–Crippen MR) is 91.7 cm³/mol. The van der Waals surface area contributed by atoms with Gasteiger partial charge in [-0.2, -0.15) is 13.2 Å². The van der Waals surface area contributed by atoms with Crippen LogP contribution in [0.4, 0.5) is 18.9 Å². The van der Waals surface area contributed by atoms with E-state index in [1.54, 1.807) is 12.1 Å². The molecule has 1 saturated heterocycles. The number of anilines is 1. The van der Waals surface area contributed by atoms with Gasteiger partial charge in [0.15, 0.2) is 0 Å². The summed E-state index contributed by atoms with van der Waals surface area (Å²) in [6.07, 6.45) is -4.48. The summed E-state index contributed by atoms with van der Waals surface area (Å²) in [5, 5.41) is 12.3. The van der Waals surface area contributed by atoms with E-state index in [-0.39, 0.29) is 36.9 Å². The Kier molecular flexibility index (Phi) is 5.07. The lowest BCUT2D eigenvalue weighted by Gasteiger charge is -2.18. The number of alkyl halides is 3. The number of phenols is 1. The van der Waals surface area contributed by atoms with Crippen LogP contribution in [0.15, 0.2) is 48.5 Å². The maximum Gasteiger partial charge on any atom is 0.416 e. The molecular weight excluding hydrogens is 361 g/mol. The lowest BCUT2D eigenvalue weighted by atomic mass is 10.1. The van der Waals surface area contributed by atoms with E-state index in [1.165, 1.54) is 29.2 Å². The summed E-state index contributed by atoms with van der Waals surface area (Å²) in [5.41, 5.74) is -0.188. The van der Waals surface area contributed by atoms with E-state index >= 15 is 0 Å². The van der Waals surface area contributed by atoms with E-state index in [1.807, 2.05) is 0 Å². The van der Waals surface area contributed by atoms with E-state index < -0.39 is 23.6 Å². The topological polar surface area (TPSA) is 69.6 Å². The molecule has 0 radical (unpaired) electrons. The van der Waals surface area contributed by atoms with E-state index in [0.717, 1.165) is 12.1 Å². The number of para-hydroxylation sites is 2. The molecule has 2 aromatic rings. The number of phenolic OH excluding ortho intramolecular Hbond substituents is 1. The van der Waals surface area contributed by atoms with Crippen molar-refractivity contribution >= 4 is 17.5 Å². The Labute approximate surface area is 153 Å². The summed E-state index contributed by atoms with van der Waals surface area (Å²) in [6.45, 7) is 0.109. The van der Waals surface area contributed by atoms with Gasteiger partial charge < -0.3 is 15.3 Å². The lowest BCUT2D eigenvalue weighted by molar-refractivity contribution is -0.137. The van der Waals surface area contributed by atoms with Crippen LogP contribution in [0.5, 0.6) is 5.75 Å². The van der Waals surface area contributed by atoms with Crippen LogP contribution < -0.4 is 5.32 Å². The van der Waals surface area contributed by atoms with Gasteiger partial charge in [0.1, 0.15) is 5.75 Å². The summed E-state index contributed by atoms with van der Waals surface area (Å²) in [5.74, 6) is -1.44. The number of rotatable bonds is 4. The number of nitrogens with one attached hydrogen (secondary N) is 1. The van der Waals surface area contributed by atoms with Crippen molar-refractivity contribution < 1.29 is 27.9 Å². The lowest BCUT2D eigenvalue weighted by Crippen LogP contribution is -2.28. The number of hydrogen-bond donors (Lipinski definition) is 2. The zero-order valence-electron chi connectivity index (χ0n) is 14.2. The Hall–Kier alpha value is -3.03. The fraction of sp³-hybridized carbons (Fsp3) is 0.263. The summed E-state index contributed by atoms with van der Waals surface area (Å²) in [7, 11) is 0. The maximum atomic E-state index is 12.8. The molecular formula is C19H17F3N2O3. The van der Waals surface area contributed by atoms with Gasteiger partial charge in [0, 0.05) is 19.5 Å². The molecule has 3 rings (SSSR count). The first-order chi connectivity index (χ1) is 12.7. The van der Waals surface area contributed by atoms with Crippen LogP contribution in [0.25, 0.3) is 0 Å². The largest absolute Gasteiger partial charge is 0.506 e. The smallest absolute Gasteiger partial charge is 0.416 e. The molecule has 2 aromatic carbocycles. The van der Waals surface area contributed by atoms with Gasteiger partial charge in [0.2, 0.25) is 11.8 Å². The summed E-state index contributed by atoms with van der Waals surface area (Å²) < 4.78 is 38.4. The van der Waals surface area contributed by atoms with Gasteiger partial charge in [-0.05, 0) is 29.8 Å². The molecule has 142 valence electrons. The van der Waals surface area contributed by atoms with Crippen molar-refractivity contribution in [3.05, 3.63) is 59.7 Å². The number of likely N-dealkylation sites (tertiary alicyclic amines) is 1. The third-order valence-electron chi connectivity index (χ3n) is 4.37. The average molecular weight is 378 g/mol. The van der Waals surface area contributed by atoms with Crippen LogP contribution in [0.3, 0.4) is 0 Å². The number of aromatic hydroxyl groups is 1. The van der Waals surface area contributed by atoms with Crippen LogP contribution >= 0.6 is 0 Å². The van der Waals surface area contributed by atoms with Gasteiger partial charge in [-0.25, -0.2) is 0 Å². The highest BCUT2D eigenvalue weighted by atomic mass is 19.4. The molecule has 0 bridgehead atoms. The van der Waals surface area contributed by atoms with E-state index in [0.29, 0.717) is 5.56 Å². The normalized spacial score (nSPS) is 17.2. The van der Waals surface area contributed by atoms with Crippen LogP contribution in [0, 0.1) is 5.92 Å². The van der Waals surface area contributed by atoms with E-state index in [4.69, 9.17) is 0 Å². The predicted octanol–water partition coefficient (Wildman–Crippen LogP) is 3.40. The summed E-state index contributed by atoms with van der Waals surface area (Å²) in [6, 6.07) is 11.0. The molecule has 1 heterocycles. The third kappa shape index (κ3) is 4.39. The summed E-state index contributed by atoms with van der Waals surface area (Å²) in [4.78, 5) is 25.9. The maximum absolute atomic E-state index is 12.8. The second-order valence-electron chi connectivity index (χ2n) is 6.38. The Bertz CT molecular complexity index is 867. The highest BCUT2D eigenvalue weighted by molar-refractivity contribution is 5.98. The van der Waals surface area contributed by atoms with Crippen molar-refractivity contribution in [2.75, 3.05) is 11.9 Å². The molecule has 0 aromatic heterocycles. The Morgan fingerprint density at radius 2 is 1.93 bits per heavy atom. The van der Waals surface area contributed by atoms with Crippen molar-refractivity contribution in [3.8, 4) is 5.75 Å². The zero-order chi connectivity index (χ0) is 19.6. The molecule has 8 heteroatoms. The molecule has 0 spiro atoms. The molecule has 5 nitrogen and oxygen atoms in total. The van der Waals surface area contributed by atoms with Gasteiger partial charge >= 0.3 is 6.18 Å². The second kappa shape index (κ2) is 7.30. The SMILES string of the molecule is O=C(Nc1ccccc1O)C1CC(=O)N(Cc2cccc(C(F)(F)F)c2)C1. The third-order valence-corrected chi connectivity index (χ3v) is 4.37. The second-order valence-corrected chi connectivity index (χ2v) is 6.38. The first-order valence-electron chi connectivity index (χ1n) is 8.27. The van der Waals surface area contributed by atoms with Gasteiger partial charge in [-0.15, -0.1) is 0 Å². The molecule has 1 unspecified atom stereocenters. The molecule has 1 aliphatic heterocycles. The Morgan fingerprint density at radius 3 is 2.63 bits per heavy atom. The minimum absolute atomic E-state index is 0.00310. The quantitative estimate of drug-likeness (QED) is 0.802. The van der Waals surface area contributed by atoms with Crippen molar-refractivity contribution in [1.82, 2.24) is 4.90 Å². The van der Waals surface area contributed by atoms with E-state index in [2.05, 4.69) is 5.32 Å². The number of halogens is 3. The van der Waals surface area contributed by atoms with Crippen LogP contribution in [0.2, 0.25) is 0 Å². The van der Waals surface area contributed by atoms with Gasteiger partial charge in [-0.1, -0.05) is 24.3 Å². The molecule has 1 atom stereocenters. The zero-order valence-corrected chi connectivity index (χ0v) is 14.2. The fourth-order valence-corrected chi connectivity index (χ4v) is 2.98. The molecule has 1 fully saturated rings. The molecule has 2 N–H and O–H groups in total. The first kappa shape index (κ1) is 18.8. The van der Waals surface area contributed by atoms with Crippen molar-refractivity contribution in [2.24, 2.45) is 5.92 Å². The minimum atomic E-state index is -4.45. The van der Waals surface area contributed by atoms with Gasteiger partial charge in [-0.3, -0.25) is 9.59 Å². The van der Waals surface area contributed by atoms with Crippen molar-refractivity contribution in [3.63, 3.8) is 0 Å². The highest BCUT2D eigenvalue weighted by Gasteiger charge is 2.35. The number of carbonyl (C=O) groups excluding carboxylic acids is 2. The molecule has 0 saturated carbocycles. The first-order valence-corrected chi connectivity index (χ1v) is 8.27. The fourth-order valence-electron chi connectivity index (χ4n) is 2.98. The molecule has 0 aliphatic carbocycles. The number of amides is 2. The molecule has 2 amide bonds. The van der Waals surface area contributed by atoms with Gasteiger partial charge in [0.05, 0.1) is 17.2 Å². The average Bonchev–Trinajstić information content (AvgIpc) is 2.97. The number of carbonyl (C=O) groups is 2. The molecule has 1 aliphatic rings. The standard InChI is InChI=1S/C19H17F3N2O3/c20-19(21,22)14-5-3-4-12(8-14)10-24-11-13(9-17(24)26)18(27)23-15-6-1-2-7-16(15)25/h1-8,13,25H,9-11H2,(H,23,27). The summed E-state index contributed by atoms with van der Waals surface area (Å²) >= 11 is 0. The number of benzene rings is 2. The minimum Gasteiger partial charge on any atom is -0.506 e.